The summed E-state index contributed by atoms with van der Waals surface area (Å²) in [5.74, 6) is 2.73. The fraction of sp³-hybridized carbons (Fsp3) is 0.154. The van der Waals surface area contributed by atoms with Gasteiger partial charge in [-0.15, -0.1) is 0 Å². The van der Waals surface area contributed by atoms with E-state index in [9.17, 15) is 13.2 Å². The molecule has 0 N–H and O–H groups in total. The molecule has 0 saturated heterocycles. The van der Waals surface area contributed by atoms with Crippen LogP contribution in [0.2, 0.25) is 0 Å². The first kappa shape index (κ1) is 21.5. The molecule has 0 radical (unpaired) electrons. The highest BCUT2D eigenvalue weighted by Gasteiger charge is 2.13. The van der Waals surface area contributed by atoms with Crippen LogP contribution in [0.4, 0.5) is 13.2 Å². The first-order valence-electron chi connectivity index (χ1n) is 10.0. The highest BCUT2D eigenvalue weighted by molar-refractivity contribution is 5.84. The van der Waals surface area contributed by atoms with E-state index >= 15 is 0 Å². The Labute approximate surface area is 183 Å². The van der Waals surface area contributed by atoms with E-state index in [0.717, 1.165) is 35.6 Å². The van der Waals surface area contributed by atoms with Gasteiger partial charge in [-0.25, -0.2) is 23.1 Å². The molecule has 6 heteroatoms. The molecule has 3 nitrogen and oxygen atoms in total. The van der Waals surface area contributed by atoms with Gasteiger partial charge < -0.3 is 4.74 Å². The molecule has 0 aliphatic rings. The minimum Gasteiger partial charge on any atom is -0.385 e. The van der Waals surface area contributed by atoms with Crippen molar-refractivity contribution in [2.45, 2.75) is 12.8 Å². The smallest absolute Gasteiger partial charge is 0.195 e. The van der Waals surface area contributed by atoms with Crippen LogP contribution in [-0.4, -0.2) is 23.7 Å². The standard InChI is InChI=1S/C26H19F3N2O/c1-32-12-2-3-19-15-30-26(31-16-19)20-9-6-17(7-10-20)4-5-18-8-11-22-21(13-18)14-23(27)25(29)24(22)28/h6-11,13-16H,2-3,12H2,1H3. The monoisotopic (exact) mass is 432 g/mol. The van der Waals surface area contributed by atoms with E-state index < -0.39 is 17.5 Å². The molecule has 0 bridgehead atoms. The van der Waals surface area contributed by atoms with Crippen molar-refractivity contribution < 1.29 is 17.9 Å². The van der Waals surface area contributed by atoms with E-state index in [2.05, 4.69) is 21.8 Å². The van der Waals surface area contributed by atoms with Crippen LogP contribution >= 0.6 is 0 Å². The molecule has 0 amide bonds. The molecule has 4 rings (SSSR count). The Morgan fingerprint density at radius 2 is 1.53 bits per heavy atom. The molecule has 0 saturated carbocycles. The van der Waals surface area contributed by atoms with Crippen LogP contribution in [0.3, 0.4) is 0 Å². The van der Waals surface area contributed by atoms with Crippen LogP contribution in [0.1, 0.15) is 23.1 Å². The lowest BCUT2D eigenvalue weighted by molar-refractivity contribution is 0.195. The first-order valence-corrected chi connectivity index (χ1v) is 10.0. The van der Waals surface area contributed by atoms with Crippen molar-refractivity contribution in [3.05, 3.63) is 95.1 Å². The van der Waals surface area contributed by atoms with Gasteiger partial charge in [-0.3, -0.25) is 0 Å². The van der Waals surface area contributed by atoms with Crippen molar-refractivity contribution in [3.63, 3.8) is 0 Å². The number of methoxy groups -OCH3 is 1. The lowest BCUT2D eigenvalue weighted by atomic mass is 10.1. The van der Waals surface area contributed by atoms with Gasteiger partial charge in [0.15, 0.2) is 23.3 Å². The quantitative estimate of drug-likeness (QED) is 0.231. The molecule has 0 spiro atoms. The number of aryl methyl sites for hydroxylation is 1. The van der Waals surface area contributed by atoms with Crippen molar-refractivity contribution in [2.24, 2.45) is 0 Å². The van der Waals surface area contributed by atoms with E-state index in [1.54, 1.807) is 13.2 Å². The highest BCUT2D eigenvalue weighted by atomic mass is 19.2. The summed E-state index contributed by atoms with van der Waals surface area (Å²) < 4.78 is 45.8. The van der Waals surface area contributed by atoms with Gasteiger partial charge in [0, 0.05) is 48.2 Å². The fourth-order valence-electron chi connectivity index (χ4n) is 3.28. The average molecular weight is 432 g/mol. The number of hydrogen-bond acceptors (Lipinski definition) is 3. The number of nitrogens with zero attached hydrogens (tertiary/aromatic N) is 2. The number of hydrogen-bond donors (Lipinski definition) is 0. The molecular formula is C26H19F3N2O. The third-order valence-electron chi connectivity index (χ3n) is 4.99. The molecule has 1 heterocycles. The van der Waals surface area contributed by atoms with Crippen LogP contribution in [0.25, 0.3) is 22.2 Å². The van der Waals surface area contributed by atoms with Crippen LogP contribution in [0.5, 0.6) is 0 Å². The normalized spacial score (nSPS) is 10.8. The minimum absolute atomic E-state index is 0.0171. The third-order valence-corrected chi connectivity index (χ3v) is 4.99. The van der Waals surface area contributed by atoms with Gasteiger partial charge in [0.25, 0.3) is 0 Å². The average Bonchev–Trinajstić information content (AvgIpc) is 2.82. The van der Waals surface area contributed by atoms with Gasteiger partial charge in [-0.1, -0.05) is 17.9 Å². The second-order valence-electron chi connectivity index (χ2n) is 7.26. The lowest BCUT2D eigenvalue weighted by Crippen LogP contribution is -1.96. The number of benzene rings is 3. The summed E-state index contributed by atoms with van der Waals surface area (Å²) in [6.07, 6.45) is 5.43. The molecule has 0 fully saturated rings. The Hall–Kier alpha value is -3.69. The summed E-state index contributed by atoms with van der Waals surface area (Å²) in [7, 11) is 1.68. The van der Waals surface area contributed by atoms with E-state index in [-0.39, 0.29) is 10.8 Å². The van der Waals surface area contributed by atoms with Crippen LogP contribution in [-0.2, 0) is 11.2 Å². The SMILES string of the molecule is COCCCc1cnc(-c2ccc(C#Cc3ccc4c(F)c(F)c(F)cc4c3)cc2)nc1. The second kappa shape index (κ2) is 9.63. The molecule has 4 aromatic rings. The van der Waals surface area contributed by atoms with Crippen molar-refractivity contribution in [1.29, 1.82) is 0 Å². The maximum Gasteiger partial charge on any atom is 0.195 e. The van der Waals surface area contributed by atoms with Crippen molar-refractivity contribution in [1.82, 2.24) is 9.97 Å². The fourth-order valence-corrected chi connectivity index (χ4v) is 3.28. The molecule has 0 aliphatic carbocycles. The Kier molecular flexibility index (Phi) is 6.48. The Bertz CT molecular complexity index is 1310. The predicted molar refractivity (Wildman–Crippen MR) is 117 cm³/mol. The van der Waals surface area contributed by atoms with E-state index in [1.165, 1.54) is 12.1 Å². The topological polar surface area (TPSA) is 35.0 Å². The van der Waals surface area contributed by atoms with E-state index in [4.69, 9.17) is 4.74 Å². The molecule has 32 heavy (non-hydrogen) atoms. The number of ether oxygens (including phenoxy) is 1. The highest BCUT2D eigenvalue weighted by Crippen LogP contribution is 2.24. The van der Waals surface area contributed by atoms with Crippen LogP contribution in [0.15, 0.2) is 60.9 Å². The largest absolute Gasteiger partial charge is 0.385 e. The van der Waals surface area contributed by atoms with E-state index in [0.29, 0.717) is 18.0 Å². The summed E-state index contributed by atoms with van der Waals surface area (Å²) in [4.78, 5) is 8.85. The van der Waals surface area contributed by atoms with Crippen LogP contribution < -0.4 is 0 Å². The number of rotatable bonds is 5. The maximum atomic E-state index is 13.8. The van der Waals surface area contributed by atoms with Crippen molar-refractivity contribution in [2.75, 3.05) is 13.7 Å². The molecule has 1 aromatic heterocycles. The molecule has 3 aromatic carbocycles. The van der Waals surface area contributed by atoms with Gasteiger partial charge in [-0.2, -0.15) is 0 Å². The lowest BCUT2D eigenvalue weighted by Gasteiger charge is -2.03. The zero-order valence-electron chi connectivity index (χ0n) is 17.3. The van der Waals surface area contributed by atoms with Crippen molar-refractivity contribution in [3.8, 4) is 23.2 Å². The Balaban J connectivity index is 1.49. The summed E-state index contributed by atoms with van der Waals surface area (Å²) in [6, 6.07) is 13.0. The van der Waals surface area contributed by atoms with Crippen molar-refractivity contribution >= 4 is 10.8 Å². The second-order valence-corrected chi connectivity index (χ2v) is 7.26. The van der Waals surface area contributed by atoms with Gasteiger partial charge >= 0.3 is 0 Å². The molecular weight excluding hydrogens is 413 g/mol. The number of halogens is 3. The zero-order valence-corrected chi connectivity index (χ0v) is 17.3. The summed E-state index contributed by atoms with van der Waals surface area (Å²) in [6.45, 7) is 0.704. The summed E-state index contributed by atoms with van der Waals surface area (Å²) in [5, 5.41) is 0.273. The van der Waals surface area contributed by atoms with E-state index in [1.807, 2.05) is 36.7 Å². The maximum absolute atomic E-state index is 13.8. The van der Waals surface area contributed by atoms with Gasteiger partial charge in [0.2, 0.25) is 0 Å². The van der Waals surface area contributed by atoms with Gasteiger partial charge in [-0.05, 0) is 66.3 Å². The minimum atomic E-state index is -1.47. The Morgan fingerprint density at radius 3 is 2.25 bits per heavy atom. The summed E-state index contributed by atoms with van der Waals surface area (Å²) >= 11 is 0. The molecule has 0 atom stereocenters. The number of aromatic nitrogens is 2. The zero-order chi connectivity index (χ0) is 22.5. The molecule has 0 unspecified atom stereocenters. The van der Waals surface area contributed by atoms with Crippen LogP contribution in [0, 0.1) is 29.3 Å². The first-order chi connectivity index (χ1) is 15.5. The van der Waals surface area contributed by atoms with Gasteiger partial charge in [0.1, 0.15) is 0 Å². The summed E-state index contributed by atoms with van der Waals surface area (Å²) in [5.41, 5.74) is 3.27. The number of fused-ring (bicyclic) bond motifs is 1. The Morgan fingerprint density at radius 1 is 0.844 bits per heavy atom. The van der Waals surface area contributed by atoms with Gasteiger partial charge in [0.05, 0.1) is 0 Å². The predicted octanol–water partition coefficient (Wildman–Crippen LogP) is 5.69. The molecule has 0 aliphatic heterocycles. The third kappa shape index (κ3) is 4.79. The molecule has 160 valence electrons.